The van der Waals surface area contributed by atoms with Crippen LogP contribution < -0.4 is 10.1 Å². The van der Waals surface area contributed by atoms with Gasteiger partial charge in [-0.2, -0.15) is 0 Å². The van der Waals surface area contributed by atoms with Gasteiger partial charge in [0.15, 0.2) is 0 Å². The van der Waals surface area contributed by atoms with Crippen molar-refractivity contribution >= 4 is 0 Å². The molecule has 1 aromatic rings. The van der Waals surface area contributed by atoms with Crippen LogP contribution in [-0.2, 0) is 6.42 Å². The highest BCUT2D eigenvalue weighted by atomic mass is 16.5. The number of nitrogens with one attached hydrogen (secondary N) is 1. The fraction of sp³-hybridized carbons (Fsp3) is 0.538. The second kappa shape index (κ2) is 3.86. The van der Waals surface area contributed by atoms with Gasteiger partial charge in [-0.25, -0.2) is 0 Å². The molecule has 1 aliphatic rings. The van der Waals surface area contributed by atoms with Crippen molar-refractivity contribution in [2.24, 2.45) is 0 Å². The average Bonchev–Trinajstić information content (AvgIpc) is 3.02. The molecule has 0 unspecified atom stereocenters. The number of benzene rings is 1. The van der Waals surface area contributed by atoms with Gasteiger partial charge in [-0.3, -0.25) is 0 Å². The molecule has 82 valence electrons. The fourth-order valence-electron chi connectivity index (χ4n) is 2.10. The molecule has 1 fully saturated rings. The van der Waals surface area contributed by atoms with E-state index in [0.29, 0.717) is 5.54 Å². The van der Waals surface area contributed by atoms with Crippen LogP contribution >= 0.6 is 0 Å². The Morgan fingerprint density at radius 2 is 2.13 bits per heavy atom. The van der Waals surface area contributed by atoms with Crippen molar-refractivity contribution in [3.63, 3.8) is 0 Å². The smallest absolute Gasteiger partial charge is 0.122 e. The van der Waals surface area contributed by atoms with Crippen LogP contribution in [0.1, 0.15) is 24.0 Å². The van der Waals surface area contributed by atoms with Gasteiger partial charge in [-0.05, 0) is 50.4 Å². The van der Waals surface area contributed by atoms with Crippen molar-refractivity contribution in [1.82, 2.24) is 5.32 Å². The fourth-order valence-corrected chi connectivity index (χ4v) is 2.10. The Morgan fingerprint density at radius 3 is 2.67 bits per heavy atom. The molecule has 0 aromatic heterocycles. The van der Waals surface area contributed by atoms with Crippen LogP contribution in [0.15, 0.2) is 18.2 Å². The van der Waals surface area contributed by atoms with E-state index >= 15 is 0 Å². The molecule has 2 nitrogen and oxygen atoms in total. The van der Waals surface area contributed by atoms with Crippen LogP contribution in [0.3, 0.4) is 0 Å². The second-order valence-electron chi connectivity index (χ2n) is 4.46. The molecule has 0 saturated heterocycles. The van der Waals surface area contributed by atoms with Crippen LogP contribution in [0, 0.1) is 6.92 Å². The van der Waals surface area contributed by atoms with Gasteiger partial charge in [0, 0.05) is 5.54 Å². The number of hydrogen-bond donors (Lipinski definition) is 1. The van der Waals surface area contributed by atoms with E-state index in [4.69, 9.17) is 4.74 Å². The standard InChI is InChI=1S/C13H19NO/c1-10-5-4-6-12(15-3)11(10)9-13(14-2)7-8-13/h4-6,14H,7-9H2,1-3H3. The van der Waals surface area contributed by atoms with Gasteiger partial charge in [0.2, 0.25) is 0 Å². The van der Waals surface area contributed by atoms with Gasteiger partial charge >= 0.3 is 0 Å². The highest BCUT2D eigenvalue weighted by molar-refractivity contribution is 5.41. The zero-order chi connectivity index (χ0) is 10.9. The molecule has 0 heterocycles. The Bertz CT molecular complexity index is 356. The van der Waals surface area contributed by atoms with E-state index in [1.165, 1.54) is 24.0 Å². The molecule has 0 spiro atoms. The topological polar surface area (TPSA) is 21.3 Å². The molecule has 0 bridgehead atoms. The molecule has 2 heteroatoms. The first-order chi connectivity index (χ1) is 7.21. The summed E-state index contributed by atoms with van der Waals surface area (Å²) >= 11 is 0. The Balaban J connectivity index is 2.26. The number of methoxy groups -OCH3 is 1. The normalized spacial score (nSPS) is 17.5. The van der Waals surface area contributed by atoms with Crippen molar-refractivity contribution < 1.29 is 4.74 Å². The maximum atomic E-state index is 5.42. The third-order valence-electron chi connectivity index (χ3n) is 3.49. The first kappa shape index (κ1) is 10.5. The third kappa shape index (κ3) is 2.00. The first-order valence-electron chi connectivity index (χ1n) is 5.52. The number of aryl methyl sites for hydroxylation is 1. The molecule has 2 rings (SSSR count). The minimum atomic E-state index is 0.347. The lowest BCUT2D eigenvalue weighted by Gasteiger charge is -2.18. The Kier molecular flexibility index (Phi) is 2.70. The Morgan fingerprint density at radius 1 is 1.40 bits per heavy atom. The molecule has 15 heavy (non-hydrogen) atoms. The van der Waals surface area contributed by atoms with Crippen molar-refractivity contribution in [2.75, 3.05) is 14.2 Å². The van der Waals surface area contributed by atoms with Crippen molar-refractivity contribution in [3.05, 3.63) is 29.3 Å². The summed E-state index contributed by atoms with van der Waals surface area (Å²) in [7, 11) is 3.80. The third-order valence-corrected chi connectivity index (χ3v) is 3.49. The molecule has 0 aliphatic heterocycles. The lowest BCUT2D eigenvalue weighted by atomic mass is 9.98. The molecule has 1 N–H and O–H groups in total. The predicted molar refractivity (Wildman–Crippen MR) is 62.5 cm³/mol. The molecule has 0 amide bonds. The van der Waals surface area contributed by atoms with E-state index < -0.39 is 0 Å². The highest BCUT2D eigenvalue weighted by Gasteiger charge is 2.41. The summed E-state index contributed by atoms with van der Waals surface area (Å²) in [5, 5.41) is 3.42. The molecule has 0 atom stereocenters. The van der Waals surface area contributed by atoms with Crippen molar-refractivity contribution in [1.29, 1.82) is 0 Å². The second-order valence-corrected chi connectivity index (χ2v) is 4.46. The number of rotatable bonds is 4. The van der Waals surface area contributed by atoms with E-state index in [0.717, 1.165) is 12.2 Å². The maximum Gasteiger partial charge on any atom is 0.122 e. The maximum absolute atomic E-state index is 5.42. The minimum Gasteiger partial charge on any atom is -0.496 e. The molecule has 0 radical (unpaired) electrons. The molecular formula is C13H19NO. The predicted octanol–water partition coefficient (Wildman–Crippen LogP) is 2.30. The summed E-state index contributed by atoms with van der Waals surface area (Å²) in [6.07, 6.45) is 3.64. The largest absolute Gasteiger partial charge is 0.496 e. The first-order valence-corrected chi connectivity index (χ1v) is 5.52. The van der Waals surface area contributed by atoms with E-state index in [2.05, 4.69) is 31.4 Å². The van der Waals surface area contributed by atoms with E-state index in [9.17, 15) is 0 Å². The van der Waals surface area contributed by atoms with E-state index in [-0.39, 0.29) is 0 Å². The van der Waals surface area contributed by atoms with Crippen LogP contribution in [0.2, 0.25) is 0 Å². The summed E-state index contributed by atoms with van der Waals surface area (Å²) in [5.74, 6) is 1.02. The summed E-state index contributed by atoms with van der Waals surface area (Å²) in [6, 6.07) is 6.26. The SMILES string of the molecule is CNC1(Cc2c(C)cccc2OC)CC1. The summed E-state index contributed by atoms with van der Waals surface area (Å²) in [5.41, 5.74) is 3.03. The molecule has 1 saturated carbocycles. The zero-order valence-corrected chi connectivity index (χ0v) is 9.76. The number of likely N-dealkylation sites (N-methyl/N-ethyl adjacent to an activating group) is 1. The Hall–Kier alpha value is -1.02. The van der Waals surface area contributed by atoms with Gasteiger partial charge in [-0.15, -0.1) is 0 Å². The van der Waals surface area contributed by atoms with Gasteiger partial charge in [-0.1, -0.05) is 12.1 Å². The molecular weight excluding hydrogens is 186 g/mol. The quantitative estimate of drug-likeness (QED) is 0.814. The monoisotopic (exact) mass is 205 g/mol. The van der Waals surface area contributed by atoms with Crippen molar-refractivity contribution in [3.8, 4) is 5.75 Å². The van der Waals surface area contributed by atoms with Gasteiger partial charge < -0.3 is 10.1 Å². The minimum absolute atomic E-state index is 0.347. The average molecular weight is 205 g/mol. The van der Waals surface area contributed by atoms with Crippen molar-refractivity contribution in [2.45, 2.75) is 31.7 Å². The zero-order valence-electron chi connectivity index (χ0n) is 9.76. The summed E-state index contributed by atoms with van der Waals surface area (Å²) in [4.78, 5) is 0. The van der Waals surface area contributed by atoms with E-state index in [1.807, 2.05) is 6.07 Å². The van der Waals surface area contributed by atoms with Gasteiger partial charge in [0.05, 0.1) is 7.11 Å². The summed E-state index contributed by atoms with van der Waals surface area (Å²) < 4.78 is 5.42. The molecule has 1 aliphatic carbocycles. The Labute approximate surface area is 91.6 Å². The lowest BCUT2D eigenvalue weighted by molar-refractivity contribution is 0.404. The highest BCUT2D eigenvalue weighted by Crippen LogP contribution is 2.40. The van der Waals surface area contributed by atoms with Gasteiger partial charge in [0.25, 0.3) is 0 Å². The van der Waals surface area contributed by atoms with Crippen LogP contribution in [0.5, 0.6) is 5.75 Å². The number of hydrogen-bond acceptors (Lipinski definition) is 2. The lowest BCUT2D eigenvalue weighted by Crippen LogP contribution is -2.30. The van der Waals surface area contributed by atoms with E-state index in [1.54, 1.807) is 7.11 Å². The van der Waals surface area contributed by atoms with Crippen LogP contribution in [0.25, 0.3) is 0 Å². The van der Waals surface area contributed by atoms with Gasteiger partial charge in [0.1, 0.15) is 5.75 Å². The number of ether oxygens (including phenoxy) is 1. The molecule has 1 aromatic carbocycles. The van der Waals surface area contributed by atoms with Crippen LogP contribution in [0.4, 0.5) is 0 Å². The van der Waals surface area contributed by atoms with Crippen LogP contribution in [-0.4, -0.2) is 19.7 Å². The summed E-state index contributed by atoms with van der Waals surface area (Å²) in [6.45, 7) is 2.16.